The van der Waals surface area contributed by atoms with E-state index in [2.05, 4.69) is 52.6 Å². The van der Waals surface area contributed by atoms with Gasteiger partial charge < -0.3 is 9.67 Å². The fourth-order valence-electron chi connectivity index (χ4n) is 3.78. The zero-order valence-corrected chi connectivity index (χ0v) is 16.0. The lowest BCUT2D eigenvalue weighted by Crippen LogP contribution is -2.37. The summed E-state index contributed by atoms with van der Waals surface area (Å²) < 4.78 is 3.97. The van der Waals surface area contributed by atoms with E-state index in [1.54, 1.807) is 6.33 Å². The van der Waals surface area contributed by atoms with Gasteiger partial charge in [-0.05, 0) is 46.6 Å². The van der Waals surface area contributed by atoms with Gasteiger partial charge in [0.2, 0.25) is 0 Å². The van der Waals surface area contributed by atoms with Crippen molar-refractivity contribution in [3.8, 4) is 0 Å². The van der Waals surface area contributed by atoms with Gasteiger partial charge in [-0.3, -0.25) is 9.58 Å². The summed E-state index contributed by atoms with van der Waals surface area (Å²) in [4.78, 5) is 13.9. The van der Waals surface area contributed by atoms with Crippen LogP contribution in [-0.2, 0) is 25.9 Å². The van der Waals surface area contributed by atoms with Crippen LogP contribution >= 0.6 is 0 Å². The monoisotopic (exact) mass is 360 g/mol. The molecule has 142 valence electrons. The third kappa shape index (κ3) is 3.51. The van der Waals surface area contributed by atoms with Gasteiger partial charge in [-0.25, -0.2) is 4.79 Å². The molecule has 1 aliphatic rings. The van der Waals surface area contributed by atoms with Crippen molar-refractivity contribution in [3.63, 3.8) is 0 Å². The molecule has 3 rings (SSSR count). The van der Waals surface area contributed by atoms with Gasteiger partial charge in [0.25, 0.3) is 0 Å². The smallest absolute Gasteiger partial charge is 0.356 e. The van der Waals surface area contributed by atoms with Crippen molar-refractivity contribution in [3.05, 3.63) is 29.1 Å². The van der Waals surface area contributed by atoms with E-state index in [4.69, 9.17) is 0 Å². The van der Waals surface area contributed by atoms with E-state index in [1.807, 2.05) is 4.68 Å². The van der Waals surface area contributed by atoms with Gasteiger partial charge in [0, 0.05) is 29.9 Å². The molecule has 0 saturated heterocycles. The number of carbonyl (C=O) groups is 1. The topological polar surface area (TPSA) is 89.1 Å². The first kappa shape index (κ1) is 18.6. The second-order valence-corrected chi connectivity index (χ2v) is 7.36. The lowest BCUT2D eigenvalue weighted by Gasteiger charge is -2.31. The first-order valence-corrected chi connectivity index (χ1v) is 9.32. The van der Waals surface area contributed by atoms with Crippen LogP contribution in [0.2, 0.25) is 0 Å². The average Bonchev–Trinajstić information content (AvgIpc) is 3.19. The van der Waals surface area contributed by atoms with Crippen LogP contribution in [0.1, 0.15) is 67.2 Å². The minimum absolute atomic E-state index is 0.219. The number of carboxylic acids is 1. The maximum Gasteiger partial charge on any atom is 0.356 e. The molecule has 0 spiro atoms. The van der Waals surface area contributed by atoms with Crippen LogP contribution in [-0.4, -0.2) is 53.6 Å². The second kappa shape index (κ2) is 7.57. The Labute approximate surface area is 153 Å². The van der Waals surface area contributed by atoms with Crippen LogP contribution in [0.5, 0.6) is 0 Å². The minimum Gasteiger partial charge on any atom is -0.476 e. The third-order valence-electron chi connectivity index (χ3n) is 5.18. The Morgan fingerprint density at radius 2 is 2.23 bits per heavy atom. The Kier molecular flexibility index (Phi) is 5.41. The predicted molar refractivity (Wildman–Crippen MR) is 97.2 cm³/mol. The maximum atomic E-state index is 11.6. The van der Waals surface area contributed by atoms with Gasteiger partial charge in [0.05, 0.1) is 6.54 Å². The van der Waals surface area contributed by atoms with Crippen molar-refractivity contribution >= 4 is 5.97 Å². The minimum atomic E-state index is -0.932. The standard InChI is InChI=1S/C18H28N6O2/c1-5-8-24-15-7-6-13(9-14(15)17(21-24)18(25)26)22(4)10-16-20-19-11-23(16)12(2)3/h11-13H,5-10H2,1-4H3,(H,25,26)/t13-/m0/s1. The highest BCUT2D eigenvalue weighted by atomic mass is 16.4. The summed E-state index contributed by atoms with van der Waals surface area (Å²) in [7, 11) is 2.08. The molecule has 0 bridgehead atoms. The molecule has 0 aromatic carbocycles. The Bertz CT molecular complexity index is 779. The SMILES string of the molecule is CCCn1nc(C(=O)O)c2c1CC[C@H](N(C)Cc1nncn1C(C)C)C2. The third-order valence-corrected chi connectivity index (χ3v) is 5.18. The van der Waals surface area contributed by atoms with Gasteiger partial charge in [0.1, 0.15) is 12.2 Å². The summed E-state index contributed by atoms with van der Waals surface area (Å²) in [5, 5.41) is 22.2. The predicted octanol–water partition coefficient (Wildman–Crippen LogP) is 2.15. The van der Waals surface area contributed by atoms with Crippen molar-refractivity contribution in [2.45, 2.75) is 71.6 Å². The number of aromatic nitrogens is 5. The summed E-state index contributed by atoms with van der Waals surface area (Å²) in [5.41, 5.74) is 2.22. The molecule has 8 nitrogen and oxygen atoms in total. The summed E-state index contributed by atoms with van der Waals surface area (Å²) in [6.07, 6.45) is 5.29. The molecule has 2 heterocycles. The molecule has 0 saturated carbocycles. The van der Waals surface area contributed by atoms with Gasteiger partial charge >= 0.3 is 5.97 Å². The molecule has 0 amide bonds. The number of rotatable bonds is 7. The summed E-state index contributed by atoms with van der Waals surface area (Å²) in [6.45, 7) is 7.78. The highest BCUT2D eigenvalue weighted by Crippen LogP contribution is 2.28. The Morgan fingerprint density at radius 3 is 2.88 bits per heavy atom. The zero-order chi connectivity index (χ0) is 18.8. The number of carboxylic acid groups (broad SMARTS) is 1. The van der Waals surface area contributed by atoms with Crippen LogP contribution < -0.4 is 0 Å². The fraction of sp³-hybridized carbons (Fsp3) is 0.667. The second-order valence-electron chi connectivity index (χ2n) is 7.36. The number of likely N-dealkylation sites (N-methyl/N-ethyl adjacent to an activating group) is 1. The van der Waals surface area contributed by atoms with Crippen LogP contribution in [0, 0.1) is 0 Å². The van der Waals surface area contributed by atoms with Crippen LogP contribution in [0.3, 0.4) is 0 Å². The van der Waals surface area contributed by atoms with Gasteiger partial charge in [-0.15, -0.1) is 10.2 Å². The molecule has 0 radical (unpaired) electrons. The van der Waals surface area contributed by atoms with E-state index in [-0.39, 0.29) is 11.7 Å². The number of fused-ring (bicyclic) bond motifs is 1. The van der Waals surface area contributed by atoms with E-state index in [1.165, 1.54) is 0 Å². The molecule has 0 fully saturated rings. The highest BCUT2D eigenvalue weighted by molar-refractivity contribution is 5.87. The van der Waals surface area contributed by atoms with Crippen molar-refractivity contribution in [2.24, 2.45) is 0 Å². The highest BCUT2D eigenvalue weighted by Gasteiger charge is 2.31. The molecule has 2 aromatic rings. The van der Waals surface area contributed by atoms with Gasteiger partial charge in [0.15, 0.2) is 5.69 Å². The maximum absolute atomic E-state index is 11.6. The molecular weight excluding hydrogens is 332 g/mol. The number of hydrogen-bond donors (Lipinski definition) is 1. The van der Waals surface area contributed by atoms with Crippen molar-refractivity contribution in [2.75, 3.05) is 7.05 Å². The van der Waals surface area contributed by atoms with Crippen LogP contribution in [0.15, 0.2) is 6.33 Å². The lowest BCUT2D eigenvalue weighted by atomic mass is 9.90. The van der Waals surface area contributed by atoms with E-state index >= 15 is 0 Å². The Morgan fingerprint density at radius 1 is 1.46 bits per heavy atom. The van der Waals surface area contributed by atoms with Crippen molar-refractivity contribution in [1.29, 1.82) is 0 Å². The Balaban J connectivity index is 1.79. The van der Waals surface area contributed by atoms with Crippen LogP contribution in [0.25, 0.3) is 0 Å². The lowest BCUT2D eigenvalue weighted by molar-refractivity contribution is 0.0687. The molecule has 2 aromatic heterocycles. The number of aryl methyl sites for hydroxylation is 1. The van der Waals surface area contributed by atoms with Crippen molar-refractivity contribution < 1.29 is 9.90 Å². The number of aromatic carboxylic acids is 1. The van der Waals surface area contributed by atoms with E-state index in [0.29, 0.717) is 19.0 Å². The first-order chi connectivity index (χ1) is 12.4. The van der Waals surface area contributed by atoms with E-state index < -0.39 is 5.97 Å². The summed E-state index contributed by atoms with van der Waals surface area (Å²) in [5.74, 6) is 0.00684. The molecule has 8 heteroatoms. The molecule has 0 unspecified atom stereocenters. The van der Waals surface area contributed by atoms with E-state index in [9.17, 15) is 9.90 Å². The molecule has 26 heavy (non-hydrogen) atoms. The molecule has 1 aliphatic carbocycles. The normalized spacial score (nSPS) is 17.1. The fourth-order valence-corrected chi connectivity index (χ4v) is 3.78. The number of hydrogen-bond acceptors (Lipinski definition) is 5. The quantitative estimate of drug-likeness (QED) is 0.814. The van der Waals surface area contributed by atoms with Gasteiger partial charge in [-0.2, -0.15) is 5.10 Å². The zero-order valence-electron chi connectivity index (χ0n) is 16.0. The first-order valence-electron chi connectivity index (χ1n) is 9.32. The van der Waals surface area contributed by atoms with E-state index in [0.717, 1.165) is 42.9 Å². The van der Waals surface area contributed by atoms with Crippen molar-refractivity contribution in [1.82, 2.24) is 29.4 Å². The summed E-state index contributed by atoms with van der Waals surface area (Å²) in [6, 6.07) is 0.592. The summed E-state index contributed by atoms with van der Waals surface area (Å²) >= 11 is 0. The largest absolute Gasteiger partial charge is 0.476 e. The molecular formula is C18H28N6O2. The Hall–Kier alpha value is -2.22. The molecule has 1 atom stereocenters. The average molecular weight is 360 g/mol. The van der Waals surface area contributed by atoms with Crippen LogP contribution in [0.4, 0.5) is 0 Å². The number of nitrogens with zero attached hydrogens (tertiary/aromatic N) is 6. The molecule has 0 aliphatic heterocycles. The molecule has 1 N–H and O–H groups in total. The van der Waals surface area contributed by atoms with Gasteiger partial charge in [-0.1, -0.05) is 6.92 Å².